The van der Waals surface area contributed by atoms with Crippen LogP contribution in [0.15, 0.2) is 36.4 Å². The van der Waals surface area contributed by atoms with Crippen LogP contribution in [0.5, 0.6) is 0 Å². The number of nitrogens with one attached hydrogen (secondary N) is 2. The molecule has 2 aromatic carbocycles. The Hall–Kier alpha value is -3.00. The number of alkyl carbamates (subject to hydrolysis) is 1. The summed E-state index contributed by atoms with van der Waals surface area (Å²) in [4.78, 5) is 42.4. The third-order valence-electron chi connectivity index (χ3n) is 6.33. The minimum atomic E-state index is -0.884. The zero-order chi connectivity index (χ0) is 28.6. The first-order valence-electron chi connectivity index (χ1n) is 13.0. The highest BCUT2D eigenvalue weighted by atomic mass is 32.2. The number of hydrogen-bond acceptors (Lipinski definition) is 5. The van der Waals surface area contributed by atoms with Crippen molar-refractivity contribution in [3.05, 3.63) is 64.2 Å². The lowest BCUT2D eigenvalue weighted by molar-refractivity contribution is -0.140. The predicted octanol–water partition coefficient (Wildman–Crippen LogP) is 6.09. The third-order valence-corrected chi connectivity index (χ3v) is 6.97. The van der Waals surface area contributed by atoms with Crippen LogP contribution in [0.1, 0.15) is 68.0 Å². The average Bonchev–Trinajstić information content (AvgIpc) is 2.82. The fourth-order valence-electron chi connectivity index (χ4n) is 4.50. The van der Waals surface area contributed by atoms with Crippen molar-refractivity contribution in [2.24, 2.45) is 0 Å². The number of amides is 3. The van der Waals surface area contributed by atoms with Crippen LogP contribution in [0.25, 0.3) is 0 Å². The molecule has 2 rings (SSSR count). The smallest absolute Gasteiger partial charge is 0.408 e. The Morgan fingerprint density at radius 1 is 0.947 bits per heavy atom. The van der Waals surface area contributed by atoms with E-state index >= 15 is 0 Å². The number of nitrogens with zero attached hydrogens (tertiary/aromatic N) is 1. The van der Waals surface area contributed by atoms with Gasteiger partial charge in [-0.2, -0.15) is 11.8 Å². The summed E-state index contributed by atoms with van der Waals surface area (Å²) < 4.78 is 5.44. The summed E-state index contributed by atoms with van der Waals surface area (Å²) in [5.74, 6) is 0.0412. The summed E-state index contributed by atoms with van der Waals surface area (Å²) in [6.07, 6.45) is 1.70. The van der Waals surface area contributed by atoms with E-state index in [-0.39, 0.29) is 18.4 Å². The third kappa shape index (κ3) is 8.25. The molecule has 0 saturated carbocycles. The van der Waals surface area contributed by atoms with Crippen LogP contribution < -0.4 is 10.6 Å². The number of aryl methyl sites for hydroxylation is 4. The van der Waals surface area contributed by atoms with E-state index in [1.54, 1.807) is 37.4 Å². The van der Waals surface area contributed by atoms with Crippen molar-refractivity contribution >= 4 is 35.4 Å². The van der Waals surface area contributed by atoms with Crippen molar-refractivity contribution in [3.63, 3.8) is 0 Å². The maximum Gasteiger partial charge on any atom is 0.408 e. The molecule has 2 aromatic rings. The minimum Gasteiger partial charge on any atom is -0.444 e. The maximum absolute atomic E-state index is 14.1. The predicted molar refractivity (Wildman–Crippen MR) is 157 cm³/mol. The van der Waals surface area contributed by atoms with E-state index in [0.29, 0.717) is 12.2 Å². The van der Waals surface area contributed by atoms with Crippen molar-refractivity contribution in [3.8, 4) is 0 Å². The molecule has 0 fully saturated rings. The Balaban J connectivity index is 2.55. The first kappa shape index (κ1) is 31.2. The van der Waals surface area contributed by atoms with E-state index in [9.17, 15) is 14.4 Å². The lowest BCUT2D eigenvalue weighted by atomic mass is 9.93. The zero-order valence-corrected chi connectivity index (χ0v) is 25.0. The molecule has 8 heteroatoms. The largest absolute Gasteiger partial charge is 0.444 e. The van der Waals surface area contributed by atoms with Crippen LogP contribution in [-0.2, 0) is 14.3 Å². The van der Waals surface area contributed by atoms with Gasteiger partial charge in [0.15, 0.2) is 0 Å². The minimum absolute atomic E-state index is 0.281. The van der Waals surface area contributed by atoms with E-state index in [1.165, 1.54) is 0 Å². The highest BCUT2D eigenvalue weighted by Gasteiger charge is 2.37. The normalized spacial score (nSPS) is 12.9. The Morgan fingerprint density at radius 3 is 1.95 bits per heavy atom. The standard InChI is InChI=1S/C30H43N3O4S/c1-10-33(28(35)23(17-18-38-9)31-29(36)37-30(6,7)8)26(24-19(2)13-11-14-20(24)3)27(34)32-25-21(4)15-12-16-22(25)5/h11-16,23,26H,10,17-18H2,1-9H3,(H,31,36)(H,32,34). The van der Waals surface area contributed by atoms with Crippen LogP contribution in [0.3, 0.4) is 0 Å². The fourth-order valence-corrected chi connectivity index (χ4v) is 4.97. The summed E-state index contributed by atoms with van der Waals surface area (Å²) >= 11 is 1.59. The lowest BCUT2D eigenvalue weighted by Gasteiger charge is -2.35. The maximum atomic E-state index is 14.1. The molecule has 0 heterocycles. The lowest BCUT2D eigenvalue weighted by Crippen LogP contribution is -2.52. The van der Waals surface area contributed by atoms with Gasteiger partial charge in [-0.15, -0.1) is 0 Å². The summed E-state index contributed by atoms with van der Waals surface area (Å²) in [6.45, 7) is 15.3. The Labute approximate surface area is 232 Å². The molecule has 2 unspecified atom stereocenters. The number of carbonyl (C=O) groups is 3. The van der Waals surface area contributed by atoms with Crippen LogP contribution in [0.2, 0.25) is 0 Å². The first-order chi connectivity index (χ1) is 17.8. The van der Waals surface area contributed by atoms with Gasteiger partial charge in [-0.25, -0.2) is 4.79 Å². The van der Waals surface area contributed by atoms with Crippen LogP contribution in [0, 0.1) is 27.7 Å². The number of rotatable bonds is 10. The van der Waals surface area contributed by atoms with Gasteiger partial charge in [0, 0.05) is 12.2 Å². The van der Waals surface area contributed by atoms with Gasteiger partial charge >= 0.3 is 6.09 Å². The number of anilines is 1. The monoisotopic (exact) mass is 541 g/mol. The molecule has 38 heavy (non-hydrogen) atoms. The Kier molecular flexibility index (Phi) is 11.2. The van der Waals surface area contributed by atoms with Gasteiger partial charge in [-0.05, 0) is 102 Å². The van der Waals surface area contributed by atoms with E-state index in [0.717, 1.165) is 33.5 Å². The van der Waals surface area contributed by atoms with Crippen molar-refractivity contribution in [2.75, 3.05) is 23.9 Å². The second kappa shape index (κ2) is 13.7. The van der Waals surface area contributed by atoms with Crippen LogP contribution in [-0.4, -0.2) is 53.0 Å². The van der Waals surface area contributed by atoms with Gasteiger partial charge in [-0.3, -0.25) is 9.59 Å². The number of carbonyl (C=O) groups excluding carboxylic acids is 3. The fraction of sp³-hybridized carbons (Fsp3) is 0.500. The zero-order valence-electron chi connectivity index (χ0n) is 24.2. The molecule has 0 radical (unpaired) electrons. The van der Waals surface area contributed by atoms with Gasteiger partial charge in [0.2, 0.25) is 5.91 Å². The number of thioether (sulfide) groups is 1. The van der Waals surface area contributed by atoms with Gasteiger partial charge in [0.25, 0.3) is 5.91 Å². The topological polar surface area (TPSA) is 87.7 Å². The quantitative estimate of drug-likeness (QED) is 0.380. The van der Waals surface area contributed by atoms with Crippen LogP contribution >= 0.6 is 11.8 Å². The molecule has 0 bridgehead atoms. The van der Waals surface area contributed by atoms with E-state index in [1.807, 2.05) is 77.3 Å². The second-order valence-corrected chi connectivity index (χ2v) is 11.6. The van der Waals surface area contributed by atoms with Crippen molar-refractivity contribution in [2.45, 2.75) is 79.5 Å². The summed E-state index contributed by atoms with van der Waals surface area (Å²) in [7, 11) is 0. The molecule has 208 valence electrons. The van der Waals surface area contributed by atoms with Crippen molar-refractivity contribution in [1.82, 2.24) is 10.2 Å². The van der Waals surface area contributed by atoms with Crippen LogP contribution in [0.4, 0.5) is 10.5 Å². The highest BCUT2D eigenvalue weighted by molar-refractivity contribution is 7.98. The summed E-state index contributed by atoms with van der Waals surface area (Å²) in [5, 5.41) is 5.87. The first-order valence-corrected chi connectivity index (χ1v) is 14.4. The number of benzene rings is 2. The molecule has 0 aliphatic carbocycles. The molecule has 7 nitrogen and oxygen atoms in total. The van der Waals surface area contributed by atoms with Gasteiger partial charge in [0.05, 0.1) is 0 Å². The number of para-hydroxylation sites is 1. The molecular weight excluding hydrogens is 498 g/mol. The van der Waals surface area contributed by atoms with E-state index in [2.05, 4.69) is 10.6 Å². The molecule has 0 aliphatic heterocycles. The molecule has 3 amide bonds. The molecular formula is C30H43N3O4S. The SMILES string of the molecule is CCN(C(=O)C(CCSC)NC(=O)OC(C)(C)C)C(C(=O)Nc1c(C)cccc1C)c1c(C)cccc1C. The molecule has 0 saturated heterocycles. The van der Waals surface area contributed by atoms with Gasteiger partial charge in [0.1, 0.15) is 17.7 Å². The Bertz CT molecular complexity index is 1100. The highest BCUT2D eigenvalue weighted by Crippen LogP contribution is 2.31. The average molecular weight is 542 g/mol. The van der Waals surface area contributed by atoms with Gasteiger partial charge < -0.3 is 20.3 Å². The molecule has 2 N–H and O–H groups in total. The number of hydrogen-bond donors (Lipinski definition) is 2. The van der Waals surface area contributed by atoms with Crippen molar-refractivity contribution < 1.29 is 19.1 Å². The molecule has 0 spiro atoms. The number of likely N-dealkylation sites (N-methyl/N-ethyl adjacent to an activating group) is 1. The van der Waals surface area contributed by atoms with E-state index < -0.39 is 23.8 Å². The molecule has 0 aromatic heterocycles. The summed E-state index contributed by atoms with van der Waals surface area (Å²) in [6, 6.07) is 9.96. The number of ether oxygens (including phenoxy) is 1. The second-order valence-electron chi connectivity index (χ2n) is 10.6. The molecule has 0 aliphatic rings. The van der Waals surface area contributed by atoms with Crippen molar-refractivity contribution in [1.29, 1.82) is 0 Å². The summed E-state index contributed by atoms with van der Waals surface area (Å²) in [5.41, 5.74) is 4.54. The van der Waals surface area contributed by atoms with E-state index in [4.69, 9.17) is 4.74 Å². The van der Waals surface area contributed by atoms with Gasteiger partial charge in [-0.1, -0.05) is 36.4 Å². The molecule has 2 atom stereocenters. The Morgan fingerprint density at radius 2 is 1.47 bits per heavy atom.